The predicted octanol–water partition coefficient (Wildman–Crippen LogP) is 3.75. The van der Waals surface area contributed by atoms with Crippen LogP contribution in [0.4, 0.5) is 5.69 Å². The van der Waals surface area contributed by atoms with Crippen molar-refractivity contribution >= 4 is 33.4 Å². The number of methoxy groups -OCH3 is 2. The van der Waals surface area contributed by atoms with Crippen molar-refractivity contribution in [2.45, 2.75) is 49.8 Å². The van der Waals surface area contributed by atoms with Crippen LogP contribution in [0, 0.1) is 0 Å². The lowest BCUT2D eigenvalue weighted by molar-refractivity contribution is -0.236. The lowest BCUT2D eigenvalue weighted by atomic mass is 9.81. The summed E-state index contributed by atoms with van der Waals surface area (Å²) in [5.74, 6) is -0.120. The fraction of sp³-hybridized carbons (Fsp3) is 0.324. The van der Waals surface area contributed by atoms with Crippen LogP contribution in [0.3, 0.4) is 0 Å². The van der Waals surface area contributed by atoms with Gasteiger partial charge in [-0.1, -0.05) is 42.5 Å². The molecule has 216 valence electrons. The van der Waals surface area contributed by atoms with Crippen molar-refractivity contribution < 1.29 is 19.0 Å². The number of aromatic nitrogens is 1. The number of nitrogens with one attached hydrogen (secondary N) is 1. The smallest absolute Gasteiger partial charge is 0.272 e. The van der Waals surface area contributed by atoms with Crippen molar-refractivity contribution in [2.75, 3.05) is 26.2 Å². The van der Waals surface area contributed by atoms with Crippen LogP contribution < -0.4 is 25.8 Å². The highest BCUT2D eigenvalue weighted by molar-refractivity contribution is 6.20. The summed E-state index contributed by atoms with van der Waals surface area (Å²) < 4.78 is 21.2. The zero-order valence-electron chi connectivity index (χ0n) is 24.2. The molecule has 0 spiro atoms. The zero-order valence-corrected chi connectivity index (χ0v) is 24.2. The molecular formula is C34H29N3O6. The summed E-state index contributed by atoms with van der Waals surface area (Å²) in [6.07, 6.45) is -0.314. The molecule has 5 aromatic rings. The van der Waals surface area contributed by atoms with E-state index in [0.717, 1.165) is 55.2 Å². The maximum atomic E-state index is 13.5. The van der Waals surface area contributed by atoms with Gasteiger partial charge in [-0.05, 0) is 41.7 Å². The highest BCUT2D eigenvalue weighted by Crippen LogP contribution is 2.60. The van der Waals surface area contributed by atoms with Gasteiger partial charge in [0, 0.05) is 43.0 Å². The number of fused-ring (bicyclic) bond motifs is 13. The molecule has 2 bridgehead atoms. The number of anilines is 1. The highest BCUT2D eigenvalue weighted by Gasteiger charge is 2.58. The number of benzene rings is 3. The molecule has 4 aromatic carbocycles. The Kier molecular flexibility index (Phi) is 4.73. The molecule has 1 amide bonds. The van der Waals surface area contributed by atoms with E-state index in [0.29, 0.717) is 13.0 Å². The maximum absolute atomic E-state index is 13.5. The van der Waals surface area contributed by atoms with Gasteiger partial charge in [-0.25, -0.2) is 0 Å². The van der Waals surface area contributed by atoms with E-state index in [1.807, 2.05) is 36.2 Å². The van der Waals surface area contributed by atoms with E-state index in [2.05, 4.69) is 41.1 Å². The van der Waals surface area contributed by atoms with Crippen LogP contribution in [0.2, 0.25) is 0 Å². The zero-order chi connectivity index (χ0) is 29.5. The average molecular weight is 576 g/mol. The Balaban J connectivity index is 1.41. The molecule has 1 saturated heterocycles. The van der Waals surface area contributed by atoms with Crippen molar-refractivity contribution in [1.82, 2.24) is 9.88 Å². The molecule has 4 heterocycles. The van der Waals surface area contributed by atoms with Crippen molar-refractivity contribution in [2.24, 2.45) is 0 Å². The Morgan fingerprint density at radius 2 is 1.79 bits per heavy atom. The van der Waals surface area contributed by atoms with Crippen LogP contribution in [0.1, 0.15) is 46.3 Å². The molecule has 0 radical (unpaired) electrons. The van der Waals surface area contributed by atoms with Crippen molar-refractivity contribution in [3.05, 3.63) is 91.2 Å². The molecule has 0 saturated carbocycles. The van der Waals surface area contributed by atoms with E-state index >= 15 is 0 Å². The number of para-hydroxylation sites is 1. The number of hydrogen-bond donors (Lipinski definition) is 1. The minimum atomic E-state index is -1.00. The summed E-state index contributed by atoms with van der Waals surface area (Å²) in [5, 5.41) is 5.25. The first-order valence-electron chi connectivity index (χ1n) is 14.6. The molecule has 9 rings (SSSR count). The number of carbonyl (C=O) groups is 1. The average Bonchev–Trinajstić information content (AvgIpc) is 3.66. The van der Waals surface area contributed by atoms with Crippen molar-refractivity contribution in [3.63, 3.8) is 0 Å². The molecule has 1 N–H and O–H groups in total. The Bertz CT molecular complexity index is 2160. The normalized spacial score (nSPS) is 26.5. The summed E-state index contributed by atoms with van der Waals surface area (Å²) in [5.41, 5.74) is 6.22. The molecule has 9 nitrogen and oxygen atoms in total. The van der Waals surface area contributed by atoms with Crippen molar-refractivity contribution in [3.8, 4) is 16.9 Å². The number of ether oxygens (including phenoxy) is 3. The third-order valence-corrected chi connectivity index (χ3v) is 10.5. The first-order valence-corrected chi connectivity index (χ1v) is 14.6. The second-order valence-corrected chi connectivity index (χ2v) is 12.3. The standard InChI is InChI=1S/C34H29N3O6/c1-34-32(42-4)20(36(2)28-29(38)30(39)31(28)41-3)13-21(43-34)23-15-9-5-6-10-16(15)24-25-18(14-35-33(25)40)22-17-11-7-8-12-19(17)37(34)27(22)26(23)24/h5-12,20-21,23,32H,13-14H2,1-4H3,(H,35,40)/t20-,21-,23?,32-,34+/m1/s1. The molecule has 9 heteroatoms. The molecule has 5 atom stereocenters. The molecule has 43 heavy (non-hydrogen) atoms. The first kappa shape index (κ1) is 25.1. The molecular weight excluding hydrogens is 546 g/mol. The topological polar surface area (TPSA) is 99.1 Å². The van der Waals surface area contributed by atoms with E-state index in [1.54, 1.807) is 7.11 Å². The third-order valence-electron chi connectivity index (χ3n) is 10.5. The summed E-state index contributed by atoms with van der Waals surface area (Å²) in [6, 6.07) is 16.3. The molecule has 1 aliphatic carbocycles. The fourth-order valence-corrected chi connectivity index (χ4v) is 8.89. The van der Waals surface area contributed by atoms with Crippen LogP contribution >= 0.6 is 0 Å². The van der Waals surface area contributed by atoms with Gasteiger partial charge >= 0.3 is 0 Å². The molecule has 1 aromatic heterocycles. The Morgan fingerprint density at radius 3 is 2.58 bits per heavy atom. The summed E-state index contributed by atoms with van der Waals surface area (Å²) in [6.45, 7) is 2.53. The van der Waals surface area contributed by atoms with Crippen LogP contribution in [-0.4, -0.2) is 50.0 Å². The molecule has 3 aliphatic heterocycles. The highest BCUT2D eigenvalue weighted by atomic mass is 16.6. The van der Waals surface area contributed by atoms with Crippen LogP contribution in [0.5, 0.6) is 5.75 Å². The fourth-order valence-electron chi connectivity index (χ4n) is 8.89. The quantitative estimate of drug-likeness (QED) is 0.326. The summed E-state index contributed by atoms with van der Waals surface area (Å²) >= 11 is 0. The van der Waals surface area contributed by atoms with Gasteiger partial charge in [-0.3, -0.25) is 14.4 Å². The number of nitrogens with zero attached hydrogens (tertiary/aromatic N) is 2. The number of rotatable bonds is 4. The van der Waals surface area contributed by atoms with E-state index in [-0.39, 0.29) is 35.4 Å². The van der Waals surface area contributed by atoms with Gasteiger partial charge in [0.25, 0.3) is 16.8 Å². The van der Waals surface area contributed by atoms with Gasteiger partial charge in [0.2, 0.25) is 0 Å². The second kappa shape index (κ2) is 8.12. The predicted molar refractivity (Wildman–Crippen MR) is 162 cm³/mol. The third kappa shape index (κ3) is 2.74. The van der Waals surface area contributed by atoms with Crippen LogP contribution in [-0.2, 0) is 21.7 Å². The van der Waals surface area contributed by atoms with Gasteiger partial charge in [-0.15, -0.1) is 0 Å². The molecule has 4 aliphatic rings. The first-order chi connectivity index (χ1) is 20.8. The SMILES string of the molecule is COc1c(N(C)[C@@H]2C[C@H]3O[C@@](C)([C@@H]2OC)n2c4ccccc4c4c5c(c6c(c42)C3c2ccccc2-6)C(=O)NC5)c(=O)c1=O. The van der Waals surface area contributed by atoms with E-state index in [4.69, 9.17) is 14.2 Å². The number of carbonyl (C=O) groups excluding carboxylic acids is 1. The van der Waals surface area contributed by atoms with Gasteiger partial charge in [0.15, 0.2) is 11.5 Å². The van der Waals surface area contributed by atoms with Crippen LogP contribution in [0.15, 0.2) is 58.1 Å². The van der Waals surface area contributed by atoms with Gasteiger partial charge in [-0.2, -0.15) is 0 Å². The van der Waals surface area contributed by atoms with Gasteiger partial charge in [0.05, 0.1) is 35.9 Å². The monoisotopic (exact) mass is 575 g/mol. The lowest BCUT2D eigenvalue weighted by Crippen LogP contribution is -2.63. The van der Waals surface area contributed by atoms with E-state index in [1.165, 1.54) is 7.11 Å². The lowest BCUT2D eigenvalue weighted by Gasteiger charge is -2.51. The van der Waals surface area contributed by atoms with Gasteiger partial charge < -0.3 is 29.0 Å². The summed E-state index contributed by atoms with van der Waals surface area (Å²) in [4.78, 5) is 40.6. The summed E-state index contributed by atoms with van der Waals surface area (Å²) in [7, 11) is 4.92. The van der Waals surface area contributed by atoms with Crippen molar-refractivity contribution in [1.29, 1.82) is 0 Å². The van der Waals surface area contributed by atoms with Crippen LogP contribution in [0.25, 0.3) is 32.9 Å². The maximum Gasteiger partial charge on any atom is 0.272 e. The van der Waals surface area contributed by atoms with E-state index < -0.39 is 22.7 Å². The van der Waals surface area contributed by atoms with Gasteiger partial charge in [0.1, 0.15) is 11.8 Å². The number of hydrogen-bond acceptors (Lipinski definition) is 7. The van der Waals surface area contributed by atoms with E-state index in [9.17, 15) is 14.4 Å². The minimum absolute atomic E-state index is 0.0469. The molecule has 1 fully saturated rings. The number of likely N-dealkylation sites (N-methyl/N-ethyl adjacent to an activating group) is 1. The Hall–Kier alpha value is -4.47. The minimum Gasteiger partial charge on any atom is -0.491 e. The molecule has 1 unspecified atom stereocenters. The Labute approximate surface area is 246 Å². The largest absolute Gasteiger partial charge is 0.491 e. The second-order valence-electron chi connectivity index (χ2n) is 12.3. The number of amides is 1. The Morgan fingerprint density at radius 1 is 1.02 bits per heavy atom.